The van der Waals surface area contributed by atoms with Crippen LogP contribution in [0.25, 0.3) is 0 Å². The number of nitrogens with two attached hydrogens (primary N) is 1. The monoisotopic (exact) mass is 239 g/mol. The van der Waals surface area contributed by atoms with Crippen LogP contribution in [-0.4, -0.2) is 54.5 Å². The summed E-state index contributed by atoms with van der Waals surface area (Å²) in [6.45, 7) is 2.48. The Bertz CT molecular complexity index is 263. The molecule has 1 saturated carbocycles. The third-order valence-corrected chi connectivity index (χ3v) is 4.15. The molecular formula is C13H25N3O. The Balaban J connectivity index is 1.79. The fourth-order valence-corrected chi connectivity index (χ4v) is 3.01. The summed E-state index contributed by atoms with van der Waals surface area (Å²) in [5.41, 5.74) is 5.99. The molecular weight excluding hydrogens is 214 g/mol. The van der Waals surface area contributed by atoms with Crippen LogP contribution >= 0.6 is 0 Å². The lowest BCUT2D eigenvalue weighted by Gasteiger charge is -2.34. The average molecular weight is 239 g/mol. The van der Waals surface area contributed by atoms with Crippen molar-refractivity contribution in [3.63, 3.8) is 0 Å². The summed E-state index contributed by atoms with van der Waals surface area (Å²) in [6, 6.07) is 0.836. The summed E-state index contributed by atoms with van der Waals surface area (Å²) in [6.07, 6.45) is 6.92. The fourth-order valence-electron chi connectivity index (χ4n) is 3.01. The van der Waals surface area contributed by atoms with Crippen molar-refractivity contribution in [2.24, 2.45) is 5.73 Å². The molecule has 2 rings (SSSR count). The number of likely N-dealkylation sites (tertiary alicyclic amines) is 1. The lowest BCUT2D eigenvalue weighted by molar-refractivity contribution is -0.131. The molecule has 0 aromatic rings. The zero-order valence-electron chi connectivity index (χ0n) is 10.9. The van der Waals surface area contributed by atoms with Gasteiger partial charge in [0.05, 0.1) is 6.54 Å². The summed E-state index contributed by atoms with van der Waals surface area (Å²) < 4.78 is 0. The molecule has 4 heteroatoms. The smallest absolute Gasteiger partial charge is 0.236 e. The lowest BCUT2D eigenvalue weighted by atomic mass is 9.91. The van der Waals surface area contributed by atoms with E-state index < -0.39 is 0 Å². The predicted octanol–water partition coefficient (Wildman–Crippen LogP) is 0.811. The second kappa shape index (κ2) is 5.83. The molecule has 0 aromatic carbocycles. The minimum atomic E-state index is 0.296. The number of hydrogen-bond donors (Lipinski definition) is 1. The largest absolute Gasteiger partial charge is 0.342 e. The van der Waals surface area contributed by atoms with E-state index in [0.717, 1.165) is 25.9 Å². The molecule has 1 aliphatic carbocycles. The Kier molecular flexibility index (Phi) is 4.40. The fraction of sp³-hybridized carbons (Fsp3) is 0.923. The Hall–Kier alpha value is -0.610. The molecule has 2 fully saturated rings. The van der Waals surface area contributed by atoms with Crippen molar-refractivity contribution in [1.29, 1.82) is 0 Å². The number of nitrogens with zero attached hydrogens (tertiary/aromatic N) is 2. The van der Waals surface area contributed by atoms with E-state index in [2.05, 4.69) is 11.9 Å². The van der Waals surface area contributed by atoms with Crippen molar-refractivity contribution < 1.29 is 4.79 Å². The molecule has 2 N–H and O–H groups in total. The van der Waals surface area contributed by atoms with Gasteiger partial charge in [0.1, 0.15) is 0 Å². The van der Waals surface area contributed by atoms with Gasteiger partial charge in [-0.15, -0.1) is 0 Å². The van der Waals surface area contributed by atoms with Crippen molar-refractivity contribution in [3.05, 3.63) is 0 Å². The lowest BCUT2D eigenvalue weighted by Crippen LogP contribution is -2.45. The molecule has 4 nitrogen and oxygen atoms in total. The van der Waals surface area contributed by atoms with Gasteiger partial charge in [-0.05, 0) is 39.2 Å². The van der Waals surface area contributed by atoms with Crippen LogP contribution in [0.4, 0.5) is 0 Å². The first-order valence-corrected chi connectivity index (χ1v) is 6.90. The first-order valence-electron chi connectivity index (χ1n) is 6.90. The van der Waals surface area contributed by atoms with E-state index in [-0.39, 0.29) is 0 Å². The van der Waals surface area contributed by atoms with Gasteiger partial charge in [-0.1, -0.05) is 6.42 Å². The molecule has 0 radical (unpaired) electrons. The average Bonchev–Trinajstić information content (AvgIpc) is 2.82. The topological polar surface area (TPSA) is 49.6 Å². The van der Waals surface area contributed by atoms with Gasteiger partial charge >= 0.3 is 0 Å². The number of carbonyl (C=O) groups is 1. The van der Waals surface area contributed by atoms with E-state index in [0.29, 0.717) is 24.5 Å². The molecule has 1 amide bonds. The third-order valence-electron chi connectivity index (χ3n) is 4.15. The van der Waals surface area contributed by atoms with Crippen LogP contribution in [0, 0.1) is 0 Å². The van der Waals surface area contributed by atoms with Gasteiger partial charge in [-0.2, -0.15) is 0 Å². The normalized spacial score (nSPS) is 29.9. The maximum absolute atomic E-state index is 12.0. The Morgan fingerprint density at radius 3 is 2.65 bits per heavy atom. The van der Waals surface area contributed by atoms with E-state index >= 15 is 0 Å². The second-order valence-corrected chi connectivity index (χ2v) is 5.58. The quantitative estimate of drug-likeness (QED) is 0.793. The zero-order valence-corrected chi connectivity index (χ0v) is 10.9. The van der Waals surface area contributed by atoms with Gasteiger partial charge in [0.25, 0.3) is 0 Å². The minimum Gasteiger partial charge on any atom is -0.342 e. The summed E-state index contributed by atoms with van der Waals surface area (Å²) in [4.78, 5) is 16.2. The Labute approximate surface area is 104 Å². The summed E-state index contributed by atoms with van der Waals surface area (Å²) in [5.74, 6) is 0.296. The standard InChI is InChI=1S/C13H25N3O/c1-15(12-6-4-5-11(14)9-12)10-13(17)16-7-2-3-8-16/h11-12H,2-10,14H2,1H3. The SMILES string of the molecule is CN(CC(=O)N1CCCC1)C1CCCC(N)C1. The molecule has 2 atom stereocenters. The number of rotatable bonds is 3. The molecule has 1 heterocycles. The first kappa shape index (κ1) is 12.8. The van der Waals surface area contributed by atoms with Gasteiger partial charge in [0.2, 0.25) is 5.91 Å². The molecule has 0 aromatic heterocycles. The van der Waals surface area contributed by atoms with Crippen molar-refractivity contribution in [2.75, 3.05) is 26.7 Å². The van der Waals surface area contributed by atoms with Crippen molar-refractivity contribution in [2.45, 2.75) is 50.6 Å². The van der Waals surface area contributed by atoms with Crippen molar-refractivity contribution in [1.82, 2.24) is 9.80 Å². The van der Waals surface area contributed by atoms with Gasteiger partial charge in [-0.3, -0.25) is 9.69 Å². The van der Waals surface area contributed by atoms with Crippen LogP contribution in [-0.2, 0) is 4.79 Å². The minimum absolute atomic E-state index is 0.296. The maximum atomic E-state index is 12.0. The summed E-state index contributed by atoms with van der Waals surface area (Å²) >= 11 is 0. The molecule has 1 aliphatic heterocycles. The number of carbonyl (C=O) groups excluding carboxylic acids is 1. The van der Waals surface area contributed by atoms with E-state index in [1.807, 2.05) is 4.90 Å². The van der Waals surface area contributed by atoms with Crippen LogP contribution < -0.4 is 5.73 Å². The molecule has 98 valence electrons. The highest BCUT2D eigenvalue weighted by Gasteiger charge is 2.26. The van der Waals surface area contributed by atoms with Gasteiger partial charge in [-0.25, -0.2) is 0 Å². The van der Waals surface area contributed by atoms with Gasteiger partial charge in [0, 0.05) is 25.2 Å². The van der Waals surface area contributed by atoms with Gasteiger partial charge < -0.3 is 10.6 Å². The van der Waals surface area contributed by atoms with E-state index in [1.165, 1.54) is 25.7 Å². The molecule has 17 heavy (non-hydrogen) atoms. The van der Waals surface area contributed by atoms with Crippen LogP contribution in [0.1, 0.15) is 38.5 Å². The predicted molar refractivity (Wildman–Crippen MR) is 68.7 cm³/mol. The molecule has 2 aliphatic rings. The van der Waals surface area contributed by atoms with Crippen LogP contribution in [0.5, 0.6) is 0 Å². The van der Waals surface area contributed by atoms with E-state index in [9.17, 15) is 4.79 Å². The Morgan fingerprint density at radius 1 is 1.29 bits per heavy atom. The molecule has 2 unspecified atom stereocenters. The highest BCUT2D eigenvalue weighted by molar-refractivity contribution is 5.78. The maximum Gasteiger partial charge on any atom is 0.236 e. The van der Waals surface area contributed by atoms with Crippen molar-refractivity contribution in [3.8, 4) is 0 Å². The zero-order chi connectivity index (χ0) is 12.3. The highest BCUT2D eigenvalue weighted by atomic mass is 16.2. The number of likely N-dealkylation sites (N-methyl/N-ethyl adjacent to an activating group) is 1. The second-order valence-electron chi connectivity index (χ2n) is 5.58. The first-order chi connectivity index (χ1) is 8.16. The van der Waals surface area contributed by atoms with E-state index in [1.54, 1.807) is 0 Å². The number of amides is 1. The third kappa shape index (κ3) is 3.42. The van der Waals surface area contributed by atoms with Crippen molar-refractivity contribution >= 4 is 5.91 Å². The number of hydrogen-bond acceptors (Lipinski definition) is 3. The molecule has 0 bridgehead atoms. The molecule has 1 saturated heterocycles. The van der Waals surface area contributed by atoms with E-state index in [4.69, 9.17) is 5.73 Å². The highest BCUT2D eigenvalue weighted by Crippen LogP contribution is 2.21. The van der Waals surface area contributed by atoms with Gasteiger partial charge in [0.15, 0.2) is 0 Å². The molecule has 0 spiro atoms. The summed E-state index contributed by atoms with van der Waals surface area (Å²) in [7, 11) is 2.07. The van der Waals surface area contributed by atoms with Crippen LogP contribution in [0.3, 0.4) is 0 Å². The Morgan fingerprint density at radius 2 is 2.00 bits per heavy atom. The van der Waals surface area contributed by atoms with Crippen LogP contribution in [0.15, 0.2) is 0 Å². The summed E-state index contributed by atoms with van der Waals surface area (Å²) in [5, 5.41) is 0. The van der Waals surface area contributed by atoms with Crippen LogP contribution in [0.2, 0.25) is 0 Å².